The van der Waals surface area contributed by atoms with Crippen molar-refractivity contribution >= 4 is 17.5 Å². The van der Waals surface area contributed by atoms with Crippen LogP contribution in [0.3, 0.4) is 0 Å². The molecule has 3 aromatic rings. The Balaban J connectivity index is 1.33. The summed E-state index contributed by atoms with van der Waals surface area (Å²) in [7, 11) is 0. The number of hydrogen-bond acceptors (Lipinski definition) is 9. The number of anilines is 1. The molecule has 1 saturated heterocycles. The summed E-state index contributed by atoms with van der Waals surface area (Å²) in [5.74, 6) is 0.573. The topological polar surface area (TPSA) is 113 Å². The fourth-order valence-corrected chi connectivity index (χ4v) is 3.74. The molecule has 0 saturated carbocycles. The van der Waals surface area contributed by atoms with E-state index in [1.54, 1.807) is 24.3 Å². The molecule has 32 heavy (non-hydrogen) atoms. The Morgan fingerprint density at radius 3 is 2.50 bits per heavy atom. The van der Waals surface area contributed by atoms with Crippen LogP contribution in [-0.2, 0) is 16.1 Å². The fraction of sp³-hybridized carbons (Fsp3) is 0.273. The van der Waals surface area contributed by atoms with E-state index in [1.165, 1.54) is 5.01 Å². The predicted molar refractivity (Wildman–Crippen MR) is 113 cm³/mol. The maximum Gasteiger partial charge on any atom is 0.263 e. The molecule has 0 aliphatic carbocycles. The van der Waals surface area contributed by atoms with Gasteiger partial charge in [-0.2, -0.15) is 10.1 Å². The third-order valence-electron chi connectivity index (χ3n) is 5.34. The number of fused-ring (bicyclic) bond motifs is 1. The maximum atomic E-state index is 13.1. The maximum absolute atomic E-state index is 13.1. The molecule has 5 rings (SSSR count). The number of hydrogen-bond donors (Lipinski definition) is 0. The first-order chi connectivity index (χ1) is 15.5. The van der Waals surface area contributed by atoms with Crippen molar-refractivity contribution in [3.63, 3.8) is 0 Å². The SMILES string of the molecule is CCOc1ccc(N2C(=O)[C@H]3N=NN(Cc4nc(-c5ccc(C)cc5)no4)[C@@H]3C2=O)cc1. The number of imide groups is 1. The van der Waals surface area contributed by atoms with E-state index in [2.05, 4.69) is 20.5 Å². The van der Waals surface area contributed by atoms with Gasteiger partial charge in [0.05, 0.1) is 12.3 Å². The summed E-state index contributed by atoms with van der Waals surface area (Å²) in [6.07, 6.45) is 0. The number of nitrogens with zero attached hydrogens (tertiary/aromatic N) is 6. The van der Waals surface area contributed by atoms with Crippen molar-refractivity contribution in [2.24, 2.45) is 10.3 Å². The molecule has 0 radical (unpaired) electrons. The lowest BCUT2D eigenvalue weighted by atomic mass is 10.1. The molecule has 2 aromatic carbocycles. The second kappa shape index (κ2) is 7.88. The number of benzene rings is 2. The highest BCUT2D eigenvalue weighted by atomic mass is 16.5. The van der Waals surface area contributed by atoms with Gasteiger partial charge in [0.2, 0.25) is 11.7 Å². The first kappa shape index (κ1) is 19.9. The summed E-state index contributed by atoms with van der Waals surface area (Å²) in [5, 5.41) is 13.5. The summed E-state index contributed by atoms with van der Waals surface area (Å²) in [5.41, 5.74) is 2.41. The molecule has 2 aliphatic rings. The van der Waals surface area contributed by atoms with Gasteiger partial charge in [-0.25, -0.2) is 4.90 Å². The van der Waals surface area contributed by atoms with Gasteiger partial charge in [-0.1, -0.05) is 40.2 Å². The van der Waals surface area contributed by atoms with E-state index in [4.69, 9.17) is 9.26 Å². The third kappa shape index (κ3) is 3.39. The minimum absolute atomic E-state index is 0.0691. The lowest BCUT2D eigenvalue weighted by Gasteiger charge is -2.19. The van der Waals surface area contributed by atoms with Gasteiger partial charge >= 0.3 is 0 Å². The molecule has 0 N–H and O–H groups in total. The van der Waals surface area contributed by atoms with Crippen LogP contribution in [0.15, 0.2) is 63.4 Å². The summed E-state index contributed by atoms with van der Waals surface area (Å²) in [4.78, 5) is 31.5. The highest BCUT2D eigenvalue weighted by Crippen LogP contribution is 2.33. The van der Waals surface area contributed by atoms with Crippen molar-refractivity contribution < 1.29 is 18.8 Å². The van der Waals surface area contributed by atoms with E-state index in [0.29, 0.717) is 23.9 Å². The number of carbonyl (C=O) groups excluding carboxylic acids is 2. The van der Waals surface area contributed by atoms with Crippen LogP contribution >= 0.6 is 0 Å². The van der Waals surface area contributed by atoms with Gasteiger partial charge in [0, 0.05) is 5.56 Å². The molecule has 162 valence electrons. The smallest absolute Gasteiger partial charge is 0.263 e. The first-order valence-corrected chi connectivity index (χ1v) is 10.2. The molecule has 1 aromatic heterocycles. The van der Waals surface area contributed by atoms with Crippen LogP contribution in [-0.4, -0.2) is 45.7 Å². The monoisotopic (exact) mass is 432 g/mol. The zero-order chi connectivity index (χ0) is 22.2. The van der Waals surface area contributed by atoms with Gasteiger partial charge in [-0.05, 0) is 38.1 Å². The Morgan fingerprint density at radius 1 is 1.03 bits per heavy atom. The van der Waals surface area contributed by atoms with Gasteiger partial charge in [-0.3, -0.25) is 14.6 Å². The highest BCUT2D eigenvalue weighted by Gasteiger charge is 2.55. The lowest BCUT2D eigenvalue weighted by Crippen LogP contribution is -2.39. The van der Waals surface area contributed by atoms with Crippen LogP contribution in [0.5, 0.6) is 5.75 Å². The summed E-state index contributed by atoms with van der Waals surface area (Å²) >= 11 is 0. The van der Waals surface area contributed by atoms with Gasteiger partial charge in [0.1, 0.15) is 12.3 Å². The van der Waals surface area contributed by atoms with Crippen LogP contribution in [0.25, 0.3) is 11.4 Å². The molecule has 3 heterocycles. The second-order valence-corrected chi connectivity index (χ2v) is 7.51. The molecular weight excluding hydrogens is 412 g/mol. The van der Waals surface area contributed by atoms with E-state index in [0.717, 1.165) is 16.0 Å². The van der Waals surface area contributed by atoms with E-state index >= 15 is 0 Å². The van der Waals surface area contributed by atoms with Crippen molar-refractivity contribution in [1.82, 2.24) is 15.1 Å². The van der Waals surface area contributed by atoms with Crippen molar-refractivity contribution in [2.45, 2.75) is 32.5 Å². The van der Waals surface area contributed by atoms with Crippen LogP contribution in [0.4, 0.5) is 5.69 Å². The van der Waals surface area contributed by atoms with Crippen LogP contribution in [0, 0.1) is 6.92 Å². The van der Waals surface area contributed by atoms with Crippen molar-refractivity contribution in [3.8, 4) is 17.1 Å². The molecule has 0 unspecified atom stereocenters. The molecule has 2 amide bonds. The number of amides is 2. The molecule has 10 nitrogen and oxygen atoms in total. The number of rotatable bonds is 6. The van der Waals surface area contributed by atoms with Crippen LogP contribution in [0.1, 0.15) is 18.4 Å². The Morgan fingerprint density at radius 2 is 1.78 bits per heavy atom. The molecular formula is C22H20N6O4. The molecule has 0 spiro atoms. The van der Waals surface area contributed by atoms with E-state index in [9.17, 15) is 9.59 Å². The van der Waals surface area contributed by atoms with E-state index in [-0.39, 0.29) is 12.4 Å². The van der Waals surface area contributed by atoms with E-state index in [1.807, 2.05) is 38.1 Å². The van der Waals surface area contributed by atoms with Gasteiger partial charge in [0.15, 0.2) is 12.1 Å². The van der Waals surface area contributed by atoms with E-state index < -0.39 is 23.9 Å². The highest BCUT2D eigenvalue weighted by molar-refractivity contribution is 6.25. The number of ether oxygens (including phenoxy) is 1. The first-order valence-electron chi connectivity index (χ1n) is 10.2. The lowest BCUT2D eigenvalue weighted by molar-refractivity contribution is -0.123. The molecule has 10 heteroatoms. The molecule has 2 atom stereocenters. The number of aromatic nitrogens is 2. The molecule has 1 fully saturated rings. The fourth-order valence-electron chi connectivity index (χ4n) is 3.74. The van der Waals surface area contributed by atoms with Crippen LogP contribution in [0.2, 0.25) is 0 Å². The van der Waals surface area contributed by atoms with Crippen molar-refractivity contribution in [2.75, 3.05) is 11.5 Å². The quantitative estimate of drug-likeness (QED) is 0.550. The van der Waals surface area contributed by atoms with Gasteiger partial charge < -0.3 is 9.26 Å². The van der Waals surface area contributed by atoms with Gasteiger partial charge in [0.25, 0.3) is 11.8 Å². The minimum Gasteiger partial charge on any atom is -0.494 e. The number of aryl methyl sites for hydroxylation is 1. The largest absolute Gasteiger partial charge is 0.494 e. The Hall–Kier alpha value is -4.08. The Bertz CT molecular complexity index is 1190. The normalized spacial score (nSPS) is 19.7. The summed E-state index contributed by atoms with van der Waals surface area (Å²) in [6.45, 7) is 4.48. The average Bonchev–Trinajstić information content (AvgIpc) is 3.48. The van der Waals surface area contributed by atoms with Crippen molar-refractivity contribution in [3.05, 3.63) is 60.0 Å². The Kier molecular flexibility index (Phi) is 4.89. The minimum atomic E-state index is -0.895. The third-order valence-corrected chi connectivity index (χ3v) is 5.34. The average molecular weight is 432 g/mol. The number of carbonyl (C=O) groups is 2. The standard InChI is InChI=1S/C22H20N6O4/c1-3-31-16-10-8-15(9-11-16)28-21(29)18-19(22(28)30)27(26-24-18)12-17-23-20(25-32-17)14-6-4-13(2)5-7-14/h4-11,18-19H,3,12H2,1-2H3/t18-,19-/m0/s1. The van der Waals surface area contributed by atoms with Crippen LogP contribution < -0.4 is 9.64 Å². The summed E-state index contributed by atoms with van der Waals surface area (Å²) in [6, 6.07) is 12.8. The Labute approximate surface area is 183 Å². The predicted octanol–water partition coefficient (Wildman–Crippen LogP) is 2.94. The van der Waals surface area contributed by atoms with Gasteiger partial charge in [-0.15, -0.1) is 0 Å². The zero-order valence-corrected chi connectivity index (χ0v) is 17.5. The molecule has 0 bridgehead atoms. The second-order valence-electron chi connectivity index (χ2n) is 7.51. The molecule has 2 aliphatic heterocycles. The summed E-state index contributed by atoms with van der Waals surface area (Å²) < 4.78 is 10.8. The zero-order valence-electron chi connectivity index (χ0n) is 17.5. The van der Waals surface area contributed by atoms with Crippen molar-refractivity contribution in [1.29, 1.82) is 0 Å².